The van der Waals surface area contributed by atoms with E-state index in [1.54, 1.807) is 30.6 Å². The molecule has 0 saturated heterocycles. The normalized spacial score (nSPS) is 17.9. The third-order valence-corrected chi connectivity index (χ3v) is 6.34. The Morgan fingerprint density at radius 3 is 2.61 bits per heavy atom. The fourth-order valence-electron chi connectivity index (χ4n) is 3.26. The van der Waals surface area contributed by atoms with Crippen LogP contribution in [-0.2, 0) is 10.2 Å². The van der Waals surface area contributed by atoms with Gasteiger partial charge in [0, 0.05) is 14.0 Å². The van der Waals surface area contributed by atoms with E-state index in [0.717, 1.165) is 5.75 Å². The second kappa shape index (κ2) is 5.46. The lowest BCUT2D eigenvalue weighted by Gasteiger charge is -2.28. The minimum Gasteiger partial charge on any atom is -0.497 e. The molecule has 0 fully saturated rings. The average Bonchev–Trinajstić information content (AvgIpc) is 3.16. The summed E-state index contributed by atoms with van der Waals surface area (Å²) in [5.41, 5.74) is 3.26. The Balaban J connectivity index is 2.02. The molecule has 0 saturated carbocycles. The van der Waals surface area contributed by atoms with Crippen LogP contribution < -0.4 is 4.74 Å². The van der Waals surface area contributed by atoms with Crippen LogP contribution in [0.2, 0.25) is 0 Å². The summed E-state index contributed by atoms with van der Waals surface area (Å²) in [5, 5.41) is 2.09. The molecule has 0 amide bonds. The molecule has 2 nitrogen and oxygen atoms in total. The highest BCUT2D eigenvalue weighted by molar-refractivity contribution is 14.1. The summed E-state index contributed by atoms with van der Waals surface area (Å²) in [6.07, 6.45) is 7.41. The quantitative estimate of drug-likeness (QED) is 0.624. The van der Waals surface area contributed by atoms with Gasteiger partial charge in [-0.3, -0.25) is 4.79 Å². The van der Waals surface area contributed by atoms with Gasteiger partial charge in [0.15, 0.2) is 5.78 Å². The largest absolute Gasteiger partial charge is 0.497 e. The van der Waals surface area contributed by atoms with Gasteiger partial charge < -0.3 is 4.74 Å². The van der Waals surface area contributed by atoms with E-state index in [2.05, 4.69) is 52.2 Å². The SMILES string of the molecule is COc1ccc2c(c1)C(I)=C(c1cccs1)C21C=CC(=O)C=C1. The zero-order chi connectivity index (χ0) is 16.0. The number of ketones is 1. The molecular formula is C19H13IO2S. The lowest BCUT2D eigenvalue weighted by Crippen LogP contribution is -2.23. The van der Waals surface area contributed by atoms with Gasteiger partial charge in [0.25, 0.3) is 0 Å². The summed E-state index contributed by atoms with van der Waals surface area (Å²) < 4.78 is 6.60. The fourth-order valence-corrected chi connectivity index (χ4v) is 5.48. The van der Waals surface area contributed by atoms with Crippen molar-refractivity contribution >= 4 is 48.9 Å². The van der Waals surface area contributed by atoms with Crippen LogP contribution in [0.15, 0.2) is 60.0 Å². The van der Waals surface area contributed by atoms with Crippen molar-refractivity contribution in [3.8, 4) is 5.75 Å². The van der Waals surface area contributed by atoms with E-state index in [1.165, 1.54) is 25.2 Å². The van der Waals surface area contributed by atoms with Crippen LogP contribution in [0.4, 0.5) is 0 Å². The zero-order valence-corrected chi connectivity index (χ0v) is 15.4. The molecule has 2 aliphatic rings. The van der Waals surface area contributed by atoms with Crippen LogP contribution >= 0.6 is 33.9 Å². The van der Waals surface area contributed by atoms with Gasteiger partial charge in [0.2, 0.25) is 0 Å². The van der Waals surface area contributed by atoms with E-state index in [-0.39, 0.29) is 11.2 Å². The molecule has 0 bridgehead atoms. The van der Waals surface area contributed by atoms with Crippen LogP contribution in [0.1, 0.15) is 16.0 Å². The summed E-state index contributed by atoms with van der Waals surface area (Å²) in [6.45, 7) is 0. The van der Waals surface area contributed by atoms with Gasteiger partial charge in [-0.05, 0) is 69.4 Å². The molecule has 1 spiro atoms. The van der Waals surface area contributed by atoms with Crippen molar-refractivity contribution in [2.75, 3.05) is 7.11 Å². The predicted molar refractivity (Wildman–Crippen MR) is 103 cm³/mol. The van der Waals surface area contributed by atoms with Gasteiger partial charge in [-0.15, -0.1) is 11.3 Å². The van der Waals surface area contributed by atoms with Crippen molar-refractivity contribution in [1.29, 1.82) is 0 Å². The molecule has 4 heteroatoms. The van der Waals surface area contributed by atoms with Crippen LogP contribution in [0.25, 0.3) is 9.15 Å². The molecule has 0 radical (unpaired) electrons. The maximum atomic E-state index is 11.7. The average molecular weight is 432 g/mol. The number of rotatable bonds is 2. The molecule has 2 aromatic rings. The van der Waals surface area contributed by atoms with E-state index in [9.17, 15) is 4.79 Å². The molecule has 1 aromatic heterocycles. The van der Waals surface area contributed by atoms with E-state index in [0.29, 0.717) is 0 Å². The Labute approximate surface area is 152 Å². The standard InChI is InChI=1S/C19H13IO2S/c1-22-13-4-5-15-14(11-13)18(20)17(16-3-2-10-23-16)19(15)8-6-12(21)7-9-19/h2-11H,1H3. The summed E-state index contributed by atoms with van der Waals surface area (Å²) in [7, 11) is 1.68. The molecule has 0 atom stereocenters. The third kappa shape index (κ3) is 2.16. The van der Waals surface area contributed by atoms with Crippen molar-refractivity contribution in [3.05, 3.63) is 76.0 Å². The molecule has 2 aliphatic carbocycles. The first kappa shape index (κ1) is 14.9. The second-order valence-electron chi connectivity index (χ2n) is 5.52. The first-order valence-corrected chi connectivity index (χ1v) is 9.17. The molecule has 0 aliphatic heterocycles. The van der Waals surface area contributed by atoms with Crippen molar-refractivity contribution in [2.45, 2.75) is 5.41 Å². The molecule has 114 valence electrons. The van der Waals surface area contributed by atoms with E-state index in [1.807, 2.05) is 18.2 Å². The van der Waals surface area contributed by atoms with Crippen LogP contribution in [0, 0.1) is 0 Å². The lowest BCUT2D eigenvalue weighted by atomic mass is 9.74. The lowest BCUT2D eigenvalue weighted by molar-refractivity contribution is -0.110. The number of ether oxygens (including phenoxy) is 1. The van der Waals surface area contributed by atoms with Crippen LogP contribution in [0.5, 0.6) is 5.75 Å². The summed E-state index contributed by atoms with van der Waals surface area (Å²) in [6, 6.07) is 10.4. The number of thiophene rings is 1. The summed E-state index contributed by atoms with van der Waals surface area (Å²) >= 11 is 4.14. The smallest absolute Gasteiger partial charge is 0.178 e. The van der Waals surface area contributed by atoms with Gasteiger partial charge >= 0.3 is 0 Å². The van der Waals surface area contributed by atoms with E-state index >= 15 is 0 Å². The summed E-state index contributed by atoms with van der Waals surface area (Å²) in [4.78, 5) is 12.9. The first-order valence-electron chi connectivity index (χ1n) is 7.21. The number of carbonyl (C=O) groups excluding carboxylic acids is 1. The number of halogens is 1. The zero-order valence-electron chi connectivity index (χ0n) is 12.4. The van der Waals surface area contributed by atoms with Crippen LogP contribution in [0.3, 0.4) is 0 Å². The second-order valence-corrected chi connectivity index (χ2v) is 7.54. The Morgan fingerprint density at radius 1 is 1.17 bits per heavy atom. The highest BCUT2D eigenvalue weighted by Crippen LogP contribution is 2.57. The van der Waals surface area contributed by atoms with Gasteiger partial charge in [-0.2, -0.15) is 0 Å². The molecule has 1 aromatic carbocycles. The van der Waals surface area contributed by atoms with Crippen molar-refractivity contribution in [1.82, 2.24) is 0 Å². The minimum absolute atomic E-state index is 0.0399. The van der Waals surface area contributed by atoms with Gasteiger partial charge in [0.05, 0.1) is 12.5 Å². The van der Waals surface area contributed by atoms with Gasteiger partial charge in [-0.25, -0.2) is 0 Å². The predicted octanol–water partition coefficient (Wildman–Crippen LogP) is 5.01. The fraction of sp³-hybridized carbons (Fsp3) is 0.105. The number of allylic oxidation sites excluding steroid dienone is 5. The topological polar surface area (TPSA) is 26.3 Å². The Kier molecular flexibility index (Phi) is 3.54. The number of fused-ring (bicyclic) bond motifs is 2. The highest BCUT2D eigenvalue weighted by atomic mass is 127. The van der Waals surface area contributed by atoms with Gasteiger partial charge in [0.1, 0.15) is 5.75 Å². The Bertz CT molecular complexity index is 872. The Hall–Kier alpha value is -1.66. The maximum Gasteiger partial charge on any atom is 0.178 e. The van der Waals surface area contributed by atoms with E-state index in [4.69, 9.17) is 4.74 Å². The number of carbonyl (C=O) groups is 1. The number of methoxy groups -OCH3 is 1. The van der Waals surface area contributed by atoms with E-state index < -0.39 is 0 Å². The Morgan fingerprint density at radius 2 is 1.96 bits per heavy atom. The van der Waals surface area contributed by atoms with Crippen molar-refractivity contribution in [3.63, 3.8) is 0 Å². The highest BCUT2D eigenvalue weighted by Gasteiger charge is 2.43. The minimum atomic E-state index is -0.364. The molecule has 4 rings (SSSR count). The summed E-state index contributed by atoms with van der Waals surface area (Å²) in [5.74, 6) is 0.887. The first-order chi connectivity index (χ1) is 11.2. The molecule has 0 unspecified atom stereocenters. The van der Waals surface area contributed by atoms with Crippen molar-refractivity contribution in [2.24, 2.45) is 0 Å². The molecule has 0 N–H and O–H groups in total. The molecular weight excluding hydrogens is 419 g/mol. The van der Waals surface area contributed by atoms with Gasteiger partial charge in [-0.1, -0.05) is 24.3 Å². The molecule has 23 heavy (non-hydrogen) atoms. The number of hydrogen-bond acceptors (Lipinski definition) is 3. The number of benzene rings is 1. The molecule has 1 heterocycles. The van der Waals surface area contributed by atoms with Crippen LogP contribution in [-0.4, -0.2) is 12.9 Å². The van der Waals surface area contributed by atoms with Crippen molar-refractivity contribution < 1.29 is 9.53 Å². The third-order valence-electron chi connectivity index (χ3n) is 4.33. The monoisotopic (exact) mass is 432 g/mol. The maximum absolute atomic E-state index is 11.7. The number of hydrogen-bond donors (Lipinski definition) is 0.